The zero-order chi connectivity index (χ0) is 38.6. The van der Waals surface area contributed by atoms with Crippen LogP contribution in [0.3, 0.4) is 0 Å². The SMILES string of the molecule is CCCCCCCCCC(=O)OC(C(C)C)[N+]1(C)CCC=C(c2nsnc2OCCCCCC)C1.CCCCCCCCCC(=O)OC(Cl)C(C)C.[I-]. The van der Waals surface area contributed by atoms with Gasteiger partial charge in [-0.1, -0.05) is 162 Å². The summed E-state index contributed by atoms with van der Waals surface area (Å²) in [5.41, 5.74) is 1.54. The van der Waals surface area contributed by atoms with E-state index in [2.05, 4.69) is 56.5 Å². The molecule has 0 amide bonds. The first-order valence-corrected chi connectivity index (χ1v) is 22.2. The average Bonchev–Trinajstić information content (AvgIpc) is 3.58. The molecule has 0 spiro atoms. The number of nitrogens with zero attached hydrogens (tertiary/aromatic N) is 3. The van der Waals surface area contributed by atoms with E-state index < -0.39 is 5.56 Å². The number of alkyl halides is 1. The van der Waals surface area contributed by atoms with Crippen molar-refractivity contribution in [2.75, 3.05) is 26.7 Å². The van der Waals surface area contributed by atoms with Crippen molar-refractivity contribution in [1.82, 2.24) is 8.75 Å². The van der Waals surface area contributed by atoms with Crippen LogP contribution in [0.5, 0.6) is 5.88 Å². The quantitative estimate of drug-likeness (QED) is 0.0273. The molecule has 1 aromatic rings. The number of esters is 2. The van der Waals surface area contributed by atoms with Crippen LogP contribution in [0.4, 0.5) is 0 Å². The number of hydrogen-bond acceptors (Lipinski definition) is 8. The van der Waals surface area contributed by atoms with E-state index in [4.69, 9.17) is 25.8 Å². The normalized spacial score (nSPS) is 16.6. The van der Waals surface area contributed by atoms with E-state index >= 15 is 0 Å². The second-order valence-electron chi connectivity index (χ2n) is 15.7. The number of unbranched alkanes of at least 4 members (excludes halogenated alkanes) is 15. The minimum Gasteiger partial charge on any atom is -1.00 e. The van der Waals surface area contributed by atoms with Crippen molar-refractivity contribution in [2.45, 2.75) is 195 Å². The highest BCUT2D eigenvalue weighted by atomic mass is 127. The van der Waals surface area contributed by atoms with Crippen molar-refractivity contribution in [1.29, 1.82) is 0 Å². The minimum absolute atomic E-state index is 0. The third-order valence-electron chi connectivity index (χ3n) is 9.74. The fraction of sp³-hybridized carbons (Fsp3) is 0.857. The minimum atomic E-state index is -0.480. The predicted molar refractivity (Wildman–Crippen MR) is 219 cm³/mol. The molecule has 0 saturated carbocycles. The molecule has 0 radical (unpaired) electrons. The summed E-state index contributed by atoms with van der Waals surface area (Å²) in [7, 11) is 2.21. The highest BCUT2D eigenvalue weighted by molar-refractivity contribution is 6.99. The highest BCUT2D eigenvalue weighted by Crippen LogP contribution is 2.33. The molecule has 0 N–H and O–H groups in total. The molecule has 53 heavy (non-hydrogen) atoms. The van der Waals surface area contributed by atoms with Gasteiger partial charge in [-0.05, 0) is 19.3 Å². The van der Waals surface area contributed by atoms with Gasteiger partial charge in [0, 0.05) is 36.7 Å². The molecule has 2 heterocycles. The number of aromatic nitrogens is 2. The van der Waals surface area contributed by atoms with Gasteiger partial charge >= 0.3 is 11.9 Å². The van der Waals surface area contributed by atoms with Gasteiger partial charge in [-0.25, -0.2) is 0 Å². The highest BCUT2D eigenvalue weighted by Gasteiger charge is 2.41. The summed E-state index contributed by atoms with van der Waals surface area (Å²) >= 11 is 7.08. The van der Waals surface area contributed by atoms with E-state index in [1.165, 1.54) is 95.2 Å². The van der Waals surface area contributed by atoms with Gasteiger partial charge in [0.25, 0.3) is 5.88 Å². The summed E-state index contributed by atoms with van der Waals surface area (Å²) in [4.78, 5) is 24.1. The van der Waals surface area contributed by atoms with Crippen molar-refractivity contribution < 1.29 is 52.3 Å². The fourth-order valence-corrected chi connectivity index (χ4v) is 7.20. The number of carbonyl (C=O) groups is 2. The third-order valence-corrected chi connectivity index (χ3v) is 10.8. The van der Waals surface area contributed by atoms with Crippen LogP contribution in [0, 0.1) is 11.8 Å². The summed E-state index contributed by atoms with van der Waals surface area (Å²) < 4.78 is 26.9. The third kappa shape index (κ3) is 23.6. The van der Waals surface area contributed by atoms with E-state index in [-0.39, 0.29) is 54.0 Å². The van der Waals surface area contributed by atoms with Crippen molar-refractivity contribution in [3.8, 4) is 5.88 Å². The topological polar surface area (TPSA) is 87.6 Å². The summed E-state index contributed by atoms with van der Waals surface area (Å²) in [5, 5.41) is 0. The maximum absolute atomic E-state index is 12.7. The number of carbonyl (C=O) groups excluding carboxylic acids is 2. The van der Waals surface area contributed by atoms with Gasteiger partial charge in [0.05, 0.1) is 31.9 Å². The lowest BCUT2D eigenvalue weighted by molar-refractivity contribution is -0.950. The molecule has 3 atom stereocenters. The maximum Gasteiger partial charge on any atom is 0.310 e. The molecular formula is C42H77ClIN3O5S. The molecule has 0 saturated heterocycles. The zero-order valence-corrected chi connectivity index (χ0v) is 38.6. The van der Waals surface area contributed by atoms with Crippen molar-refractivity contribution in [2.24, 2.45) is 11.8 Å². The fourth-order valence-electron chi connectivity index (χ4n) is 6.57. The van der Waals surface area contributed by atoms with Crippen LogP contribution in [-0.2, 0) is 19.1 Å². The lowest BCUT2D eigenvalue weighted by Crippen LogP contribution is -3.00. The number of hydrogen-bond donors (Lipinski definition) is 0. The second-order valence-corrected chi connectivity index (χ2v) is 16.6. The van der Waals surface area contributed by atoms with Gasteiger partial charge < -0.3 is 38.2 Å². The Kier molecular flexibility index (Phi) is 31.5. The second kappa shape index (κ2) is 32.1. The van der Waals surface area contributed by atoms with Gasteiger partial charge in [0.2, 0.25) is 6.23 Å². The van der Waals surface area contributed by atoms with Crippen molar-refractivity contribution in [3.05, 3.63) is 11.8 Å². The average molecular weight is 899 g/mol. The van der Waals surface area contributed by atoms with Crippen LogP contribution in [0.1, 0.15) is 189 Å². The van der Waals surface area contributed by atoms with Crippen LogP contribution in [0.15, 0.2) is 6.08 Å². The molecule has 11 heteroatoms. The predicted octanol–water partition coefficient (Wildman–Crippen LogP) is 9.29. The molecule has 1 aromatic heterocycles. The van der Waals surface area contributed by atoms with E-state index in [1.807, 2.05) is 13.8 Å². The summed E-state index contributed by atoms with van der Waals surface area (Å²) in [6.45, 7) is 17.3. The van der Waals surface area contributed by atoms with Gasteiger partial charge in [0.15, 0.2) is 5.56 Å². The standard InChI is InChI=1S/C28H50N3O3S.C14H27ClO2.HI/c1-6-8-10-12-13-14-15-19-25(32)34-28(23(3)4)31(5)20-17-18-24(22-31)26-27(30-35-29-26)33-21-16-11-9-7-2;1-4-5-6-7-8-9-10-11-13(16)17-14(15)12(2)3;/h18,23,28H,6-17,19-22H2,1-5H3;12,14H,4-11H2,1-3H3;1H/q+1;;/p-1. The van der Waals surface area contributed by atoms with Crippen molar-refractivity contribution >= 4 is 40.8 Å². The Morgan fingerprint density at radius 1 is 0.736 bits per heavy atom. The molecular weight excluding hydrogens is 821 g/mol. The van der Waals surface area contributed by atoms with Gasteiger partial charge in [-0.15, -0.1) is 4.37 Å². The van der Waals surface area contributed by atoms with E-state index in [9.17, 15) is 9.59 Å². The van der Waals surface area contributed by atoms with E-state index in [1.54, 1.807) is 0 Å². The molecule has 0 aliphatic carbocycles. The van der Waals surface area contributed by atoms with Crippen LogP contribution < -0.4 is 28.7 Å². The largest absolute Gasteiger partial charge is 1.00 e. The number of ether oxygens (including phenoxy) is 3. The molecule has 1 aliphatic rings. The van der Waals surface area contributed by atoms with Crippen LogP contribution in [0.25, 0.3) is 5.57 Å². The summed E-state index contributed by atoms with van der Waals surface area (Å²) in [6, 6.07) is 0. The molecule has 0 bridgehead atoms. The molecule has 0 aromatic carbocycles. The Bertz CT molecular complexity index is 1100. The number of halogens is 2. The summed E-state index contributed by atoms with van der Waals surface area (Å²) in [6.07, 6.45) is 25.6. The van der Waals surface area contributed by atoms with Gasteiger partial charge in [-0.2, -0.15) is 4.37 Å². The van der Waals surface area contributed by atoms with E-state index in [0.29, 0.717) is 29.8 Å². The van der Waals surface area contributed by atoms with Crippen LogP contribution in [-0.4, -0.2) is 63.7 Å². The summed E-state index contributed by atoms with van der Waals surface area (Å²) in [5.74, 6) is 0.851. The van der Waals surface area contributed by atoms with Gasteiger partial charge in [0.1, 0.15) is 12.2 Å². The van der Waals surface area contributed by atoms with Gasteiger partial charge in [-0.3, -0.25) is 14.1 Å². The smallest absolute Gasteiger partial charge is 0.310 e. The maximum atomic E-state index is 12.7. The Balaban J connectivity index is 0.00000127. The first-order valence-electron chi connectivity index (χ1n) is 21.0. The lowest BCUT2D eigenvalue weighted by Gasteiger charge is -2.44. The molecule has 0 fully saturated rings. The number of rotatable bonds is 28. The molecule has 1 aliphatic heterocycles. The zero-order valence-electron chi connectivity index (χ0n) is 34.9. The number of quaternary nitrogens is 1. The first-order chi connectivity index (χ1) is 25.0. The monoisotopic (exact) mass is 897 g/mol. The molecule has 2 rings (SSSR count). The Morgan fingerprint density at radius 3 is 1.74 bits per heavy atom. The Hall–Kier alpha value is -0.980. The van der Waals surface area contributed by atoms with E-state index in [0.717, 1.165) is 62.9 Å². The number of likely N-dealkylation sites (N-methyl/N-ethyl adjacent to an activating group) is 1. The Morgan fingerprint density at radius 2 is 1.23 bits per heavy atom. The van der Waals surface area contributed by atoms with Crippen LogP contribution in [0.2, 0.25) is 0 Å². The lowest BCUT2D eigenvalue weighted by atomic mass is 10.0. The molecule has 310 valence electrons. The Labute approximate surface area is 351 Å². The first kappa shape index (κ1) is 52.0. The van der Waals surface area contributed by atoms with Crippen molar-refractivity contribution in [3.63, 3.8) is 0 Å². The van der Waals surface area contributed by atoms with Crippen LogP contribution >= 0.6 is 23.3 Å². The molecule has 8 nitrogen and oxygen atoms in total. The molecule has 3 unspecified atom stereocenters.